The summed E-state index contributed by atoms with van der Waals surface area (Å²) in [6, 6.07) is 0. The van der Waals surface area contributed by atoms with E-state index in [0.717, 1.165) is 9.58 Å². The average molecular weight is 345 g/mol. The van der Waals surface area contributed by atoms with Crippen LogP contribution in [-0.2, 0) is 29.0 Å². The minimum absolute atomic E-state index is 0.0157. The zero-order valence-corrected chi connectivity index (χ0v) is 14.4. The SMILES string of the molecule is CCOC(=O)c1nn(C)c2c1CN(C(=O)OC(C)(C)C)CC2(F)F. The van der Waals surface area contributed by atoms with Gasteiger partial charge in [0.2, 0.25) is 0 Å². The summed E-state index contributed by atoms with van der Waals surface area (Å²) in [5, 5.41) is 3.86. The fraction of sp³-hybridized carbons (Fsp3) is 0.667. The van der Waals surface area contributed by atoms with E-state index in [0.29, 0.717) is 0 Å². The number of halogens is 2. The van der Waals surface area contributed by atoms with Crippen LogP contribution >= 0.6 is 0 Å². The normalized spacial score (nSPS) is 16.5. The third-order valence-corrected chi connectivity index (χ3v) is 3.35. The van der Waals surface area contributed by atoms with Crippen LogP contribution in [0, 0.1) is 0 Å². The highest BCUT2D eigenvalue weighted by Crippen LogP contribution is 2.38. The molecule has 1 amide bonds. The minimum atomic E-state index is -3.35. The number of alkyl halides is 2. The van der Waals surface area contributed by atoms with Crippen LogP contribution in [0.4, 0.5) is 13.6 Å². The quantitative estimate of drug-likeness (QED) is 0.770. The predicted molar refractivity (Wildman–Crippen MR) is 79.7 cm³/mol. The van der Waals surface area contributed by atoms with Gasteiger partial charge in [0.15, 0.2) is 5.69 Å². The molecule has 0 aliphatic carbocycles. The van der Waals surface area contributed by atoms with Gasteiger partial charge in [-0.15, -0.1) is 0 Å². The summed E-state index contributed by atoms with van der Waals surface area (Å²) in [5.41, 5.74) is -1.42. The topological polar surface area (TPSA) is 73.7 Å². The second-order valence-corrected chi connectivity index (χ2v) is 6.56. The maximum Gasteiger partial charge on any atom is 0.410 e. The number of hydrogen-bond donors (Lipinski definition) is 0. The number of hydrogen-bond acceptors (Lipinski definition) is 5. The zero-order chi connectivity index (χ0) is 18.3. The lowest BCUT2D eigenvalue weighted by molar-refractivity contribution is -0.0644. The van der Waals surface area contributed by atoms with Gasteiger partial charge >= 0.3 is 18.0 Å². The van der Waals surface area contributed by atoms with Crippen molar-refractivity contribution in [2.24, 2.45) is 7.05 Å². The number of nitrogens with zero attached hydrogens (tertiary/aromatic N) is 3. The van der Waals surface area contributed by atoms with Crippen LogP contribution in [-0.4, -0.2) is 45.5 Å². The van der Waals surface area contributed by atoms with Crippen LogP contribution in [0.5, 0.6) is 0 Å². The first kappa shape index (κ1) is 18.2. The Bertz CT molecular complexity index is 664. The van der Waals surface area contributed by atoms with Gasteiger partial charge in [0.1, 0.15) is 11.3 Å². The third kappa shape index (κ3) is 3.49. The largest absolute Gasteiger partial charge is 0.461 e. The number of carbonyl (C=O) groups excluding carboxylic acids is 2. The van der Waals surface area contributed by atoms with Crippen molar-refractivity contribution in [2.75, 3.05) is 13.2 Å². The molecule has 0 bridgehead atoms. The fourth-order valence-electron chi connectivity index (χ4n) is 2.56. The standard InChI is InChI=1S/C15H21F2N3O4/c1-6-23-12(21)10-9-7-20(13(22)24-14(2,3)4)8-15(16,17)11(9)19(5)18-10/h6-8H2,1-5H3. The van der Waals surface area contributed by atoms with Gasteiger partial charge in [-0.2, -0.15) is 13.9 Å². The number of carbonyl (C=O) groups is 2. The average Bonchev–Trinajstić information content (AvgIpc) is 2.74. The van der Waals surface area contributed by atoms with Crippen LogP contribution in [0.15, 0.2) is 0 Å². The molecule has 0 radical (unpaired) electrons. The van der Waals surface area contributed by atoms with Crippen LogP contribution < -0.4 is 0 Å². The second kappa shape index (κ2) is 6.03. The van der Waals surface area contributed by atoms with E-state index < -0.39 is 30.1 Å². The smallest absolute Gasteiger partial charge is 0.410 e. The molecule has 0 fully saturated rings. The lowest BCUT2D eigenvalue weighted by Crippen LogP contribution is -2.46. The number of rotatable bonds is 2. The van der Waals surface area contributed by atoms with E-state index in [9.17, 15) is 18.4 Å². The Morgan fingerprint density at radius 1 is 1.33 bits per heavy atom. The first-order valence-corrected chi connectivity index (χ1v) is 7.55. The van der Waals surface area contributed by atoms with Crippen molar-refractivity contribution >= 4 is 12.1 Å². The molecule has 2 heterocycles. The van der Waals surface area contributed by atoms with Crippen LogP contribution in [0.2, 0.25) is 0 Å². The van der Waals surface area contributed by atoms with E-state index in [1.54, 1.807) is 27.7 Å². The molecule has 1 aromatic heterocycles. The molecule has 2 rings (SSSR count). The first-order valence-electron chi connectivity index (χ1n) is 7.55. The van der Waals surface area contributed by atoms with Gasteiger partial charge in [-0.1, -0.05) is 0 Å². The first-order chi connectivity index (χ1) is 11.0. The Hall–Kier alpha value is -2.19. The number of fused-ring (bicyclic) bond motifs is 1. The van der Waals surface area contributed by atoms with E-state index in [1.807, 2.05) is 0 Å². The molecule has 7 nitrogen and oxygen atoms in total. The Morgan fingerprint density at radius 2 is 1.96 bits per heavy atom. The summed E-state index contributed by atoms with van der Waals surface area (Å²) < 4.78 is 40.0. The van der Waals surface area contributed by atoms with Gasteiger partial charge < -0.3 is 9.47 Å². The molecular formula is C15H21F2N3O4. The van der Waals surface area contributed by atoms with Crippen molar-refractivity contribution in [2.45, 2.75) is 45.8 Å². The van der Waals surface area contributed by atoms with Crippen molar-refractivity contribution in [3.63, 3.8) is 0 Å². The van der Waals surface area contributed by atoms with Crippen molar-refractivity contribution in [3.8, 4) is 0 Å². The van der Waals surface area contributed by atoms with Gasteiger partial charge in [-0.3, -0.25) is 9.58 Å². The molecule has 1 aliphatic heterocycles. The molecule has 134 valence electrons. The second-order valence-electron chi connectivity index (χ2n) is 6.56. The molecule has 0 unspecified atom stereocenters. The monoisotopic (exact) mass is 345 g/mol. The summed E-state index contributed by atoms with van der Waals surface area (Å²) in [7, 11) is 1.33. The van der Waals surface area contributed by atoms with Gasteiger partial charge in [-0.05, 0) is 27.7 Å². The highest BCUT2D eigenvalue weighted by molar-refractivity contribution is 5.89. The summed E-state index contributed by atoms with van der Waals surface area (Å²) in [5.74, 6) is -4.15. The summed E-state index contributed by atoms with van der Waals surface area (Å²) in [4.78, 5) is 25.0. The lowest BCUT2D eigenvalue weighted by atomic mass is 10.0. The van der Waals surface area contributed by atoms with Gasteiger partial charge in [-0.25, -0.2) is 9.59 Å². The van der Waals surface area contributed by atoms with Crippen molar-refractivity contribution in [1.29, 1.82) is 0 Å². The number of aryl methyl sites for hydroxylation is 1. The van der Waals surface area contributed by atoms with E-state index in [4.69, 9.17) is 9.47 Å². The van der Waals surface area contributed by atoms with Crippen molar-refractivity contribution in [3.05, 3.63) is 17.0 Å². The molecule has 24 heavy (non-hydrogen) atoms. The Labute approximate surface area is 138 Å². The molecule has 0 saturated carbocycles. The van der Waals surface area contributed by atoms with E-state index >= 15 is 0 Å². The third-order valence-electron chi connectivity index (χ3n) is 3.35. The van der Waals surface area contributed by atoms with E-state index in [1.165, 1.54) is 7.05 Å². The van der Waals surface area contributed by atoms with E-state index in [2.05, 4.69) is 5.10 Å². The highest BCUT2D eigenvalue weighted by Gasteiger charge is 2.48. The van der Waals surface area contributed by atoms with Crippen molar-refractivity contribution in [1.82, 2.24) is 14.7 Å². The minimum Gasteiger partial charge on any atom is -0.461 e. The number of amides is 1. The number of esters is 1. The molecule has 0 aromatic carbocycles. The van der Waals surface area contributed by atoms with Crippen LogP contribution in [0.25, 0.3) is 0 Å². The molecular weight excluding hydrogens is 324 g/mol. The highest BCUT2D eigenvalue weighted by atomic mass is 19.3. The summed E-state index contributed by atoms with van der Waals surface area (Å²) in [6.07, 6.45) is -0.869. The van der Waals surface area contributed by atoms with Gasteiger partial charge in [0.05, 0.1) is 19.7 Å². The predicted octanol–water partition coefficient (Wildman–Crippen LogP) is 2.44. The van der Waals surface area contributed by atoms with Crippen LogP contribution in [0.1, 0.15) is 49.4 Å². The maximum absolute atomic E-state index is 14.5. The fourth-order valence-corrected chi connectivity index (χ4v) is 2.56. The van der Waals surface area contributed by atoms with E-state index in [-0.39, 0.29) is 30.1 Å². The molecule has 1 aromatic rings. The molecule has 0 N–H and O–H groups in total. The van der Waals surface area contributed by atoms with Gasteiger partial charge in [0.25, 0.3) is 0 Å². The Kier molecular flexibility index (Phi) is 4.56. The van der Waals surface area contributed by atoms with Crippen LogP contribution in [0.3, 0.4) is 0 Å². The molecule has 1 aliphatic rings. The molecule has 0 saturated heterocycles. The maximum atomic E-state index is 14.5. The molecule has 0 atom stereocenters. The summed E-state index contributed by atoms with van der Waals surface area (Å²) in [6.45, 7) is 5.61. The lowest BCUT2D eigenvalue weighted by Gasteiger charge is -2.34. The van der Waals surface area contributed by atoms with Crippen molar-refractivity contribution < 1.29 is 27.8 Å². The molecule has 9 heteroatoms. The molecule has 0 spiro atoms. The number of ether oxygens (including phenoxy) is 2. The number of aromatic nitrogens is 2. The Morgan fingerprint density at radius 3 is 2.50 bits per heavy atom. The zero-order valence-electron chi connectivity index (χ0n) is 14.4. The Balaban J connectivity index is 2.40. The van der Waals surface area contributed by atoms with Gasteiger partial charge in [0, 0.05) is 12.6 Å². The summed E-state index contributed by atoms with van der Waals surface area (Å²) >= 11 is 0.